The van der Waals surface area contributed by atoms with Crippen molar-refractivity contribution in [2.45, 2.75) is 26.2 Å². The third-order valence-electron chi connectivity index (χ3n) is 3.30. The normalized spacial score (nSPS) is 11.2. The predicted molar refractivity (Wildman–Crippen MR) is 101 cm³/mol. The molecule has 0 aliphatic carbocycles. The molecule has 0 heterocycles. The van der Waals surface area contributed by atoms with Crippen LogP contribution in [0.1, 0.15) is 26.3 Å². The van der Waals surface area contributed by atoms with Gasteiger partial charge in [-0.15, -0.1) is 0 Å². The fourth-order valence-corrected chi connectivity index (χ4v) is 2.85. The van der Waals surface area contributed by atoms with Gasteiger partial charge in [0.2, 0.25) is 0 Å². The topological polar surface area (TPSA) is 38.3 Å². The number of hydrogen-bond acceptors (Lipinski definition) is 2. The van der Waals surface area contributed by atoms with Crippen LogP contribution in [-0.4, -0.2) is 12.5 Å². The number of ether oxygens (including phenoxy) is 1. The first-order chi connectivity index (χ1) is 10.8. The van der Waals surface area contributed by atoms with Gasteiger partial charge in [0.1, 0.15) is 5.75 Å². The SMILES string of the molecule is CC(C)(C)c1ccc(OCC(=O)Nc2ccccc2Br)c(Br)c1. The summed E-state index contributed by atoms with van der Waals surface area (Å²) in [5.74, 6) is 0.448. The number of carbonyl (C=O) groups is 1. The van der Waals surface area contributed by atoms with Crippen molar-refractivity contribution < 1.29 is 9.53 Å². The van der Waals surface area contributed by atoms with Crippen molar-refractivity contribution in [1.29, 1.82) is 0 Å². The molecule has 0 aliphatic rings. The molecule has 0 saturated carbocycles. The quantitative estimate of drug-likeness (QED) is 0.678. The maximum atomic E-state index is 12.0. The molecule has 0 aliphatic heterocycles. The van der Waals surface area contributed by atoms with Crippen molar-refractivity contribution in [2.75, 3.05) is 11.9 Å². The fourth-order valence-electron chi connectivity index (χ4n) is 1.98. The van der Waals surface area contributed by atoms with Crippen LogP contribution < -0.4 is 10.1 Å². The zero-order valence-corrected chi connectivity index (χ0v) is 16.5. The Morgan fingerprint density at radius 1 is 1.09 bits per heavy atom. The number of carbonyl (C=O) groups excluding carboxylic acids is 1. The van der Waals surface area contributed by atoms with Gasteiger partial charge in [0.05, 0.1) is 10.2 Å². The molecule has 0 unspecified atom stereocenters. The molecule has 3 nitrogen and oxygen atoms in total. The van der Waals surface area contributed by atoms with Crippen LogP contribution in [0.2, 0.25) is 0 Å². The molecule has 23 heavy (non-hydrogen) atoms. The Hall–Kier alpha value is -1.33. The summed E-state index contributed by atoms with van der Waals surface area (Å²) in [7, 11) is 0. The lowest BCUT2D eigenvalue weighted by atomic mass is 9.87. The molecule has 1 amide bonds. The molecule has 5 heteroatoms. The van der Waals surface area contributed by atoms with Crippen molar-refractivity contribution >= 4 is 43.5 Å². The number of anilines is 1. The molecule has 0 spiro atoms. The van der Waals surface area contributed by atoms with Crippen LogP contribution in [-0.2, 0) is 10.2 Å². The minimum atomic E-state index is -0.205. The van der Waals surface area contributed by atoms with E-state index in [0.717, 1.165) is 14.6 Å². The Bertz CT molecular complexity index is 708. The third kappa shape index (κ3) is 5.08. The molecular weight excluding hydrogens is 422 g/mol. The molecule has 0 atom stereocenters. The Balaban J connectivity index is 1.98. The van der Waals surface area contributed by atoms with Gasteiger partial charge in [0.15, 0.2) is 6.61 Å². The zero-order chi connectivity index (χ0) is 17.0. The van der Waals surface area contributed by atoms with E-state index in [4.69, 9.17) is 4.74 Å². The van der Waals surface area contributed by atoms with E-state index >= 15 is 0 Å². The number of amides is 1. The smallest absolute Gasteiger partial charge is 0.262 e. The van der Waals surface area contributed by atoms with E-state index in [2.05, 4.69) is 57.9 Å². The second-order valence-corrected chi connectivity index (χ2v) is 7.92. The Morgan fingerprint density at radius 3 is 2.39 bits per heavy atom. The second kappa shape index (κ2) is 7.49. The molecule has 2 aromatic rings. The minimum absolute atomic E-state index is 0.0468. The van der Waals surface area contributed by atoms with Gasteiger partial charge >= 0.3 is 0 Å². The summed E-state index contributed by atoms with van der Waals surface area (Å²) >= 11 is 6.90. The van der Waals surface area contributed by atoms with Gasteiger partial charge in [-0.3, -0.25) is 4.79 Å². The van der Waals surface area contributed by atoms with E-state index in [1.54, 1.807) is 0 Å². The monoisotopic (exact) mass is 439 g/mol. The van der Waals surface area contributed by atoms with Crippen LogP contribution in [0, 0.1) is 0 Å². The van der Waals surface area contributed by atoms with Crippen molar-refractivity contribution in [1.82, 2.24) is 0 Å². The molecular formula is C18H19Br2NO2. The Kier molecular flexibility index (Phi) is 5.87. The summed E-state index contributed by atoms with van der Waals surface area (Å²) in [6.07, 6.45) is 0. The number of hydrogen-bond donors (Lipinski definition) is 1. The van der Waals surface area contributed by atoms with Gasteiger partial charge in [-0.05, 0) is 67.1 Å². The van der Waals surface area contributed by atoms with E-state index in [1.165, 1.54) is 5.56 Å². The van der Waals surface area contributed by atoms with Crippen LogP contribution in [0.3, 0.4) is 0 Å². The second-order valence-electron chi connectivity index (χ2n) is 6.21. The molecule has 0 saturated heterocycles. The number of nitrogens with one attached hydrogen (secondary N) is 1. The molecule has 2 aromatic carbocycles. The number of rotatable bonds is 4. The van der Waals surface area contributed by atoms with Crippen LogP contribution in [0.4, 0.5) is 5.69 Å². The average molecular weight is 441 g/mol. The first-order valence-corrected chi connectivity index (χ1v) is 8.83. The van der Waals surface area contributed by atoms with Crippen molar-refractivity contribution in [3.63, 3.8) is 0 Å². The standard InChI is InChI=1S/C18H19Br2NO2/c1-18(2,3)12-8-9-16(14(20)10-12)23-11-17(22)21-15-7-5-4-6-13(15)19/h4-10H,11H2,1-3H3,(H,21,22). The summed E-state index contributed by atoms with van der Waals surface area (Å²) in [4.78, 5) is 12.0. The van der Waals surface area contributed by atoms with Gasteiger partial charge in [0, 0.05) is 4.47 Å². The molecule has 0 aromatic heterocycles. The van der Waals surface area contributed by atoms with E-state index < -0.39 is 0 Å². The van der Waals surface area contributed by atoms with Gasteiger partial charge < -0.3 is 10.1 Å². The van der Waals surface area contributed by atoms with Crippen LogP contribution in [0.5, 0.6) is 5.75 Å². The number of benzene rings is 2. The molecule has 0 radical (unpaired) electrons. The van der Waals surface area contributed by atoms with Gasteiger partial charge in [-0.1, -0.05) is 39.0 Å². The third-order valence-corrected chi connectivity index (χ3v) is 4.62. The zero-order valence-electron chi connectivity index (χ0n) is 13.3. The largest absolute Gasteiger partial charge is 0.483 e. The Morgan fingerprint density at radius 2 is 1.78 bits per heavy atom. The Labute approximate surface area is 153 Å². The first kappa shape index (κ1) is 18.0. The van der Waals surface area contributed by atoms with E-state index in [0.29, 0.717) is 5.75 Å². The van der Waals surface area contributed by atoms with Gasteiger partial charge in [-0.2, -0.15) is 0 Å². The highest BCUT2D eigenvalue weighted by Gasteiger charge is 2.15. The van der Waals surface area contributed by atoms with Gasteiger partial charge in [0.25, 0.3) is 5.91 Å². The molecule has 122 valence electrons. The van der Waals surface area contributed by atoms with E-state index in [1.807, 2.05) is 42.5 Å². The summed E-state index contributed by atoms with van der Waals surface area (Å²) in [5, 5.41) is 2.81. The maximum absolute atomic E-state index is 12.0. The van der Waals surface area contributed by atoms with Crippen molar-refractivity contribution in [2.24, 2.45) is 0 Å². The summed E-state index contributed by atoms with van der Waals surface area (Å²) in [6, 6.07) is 13.4. The van der Waals surface area contributed by atoms with Gasteiger partial charge in [-0.25, -0.2) is 0 Å². The summed E-state index contributed by atoms with van der Waals surface area (Å²) in [5.41, 5.74) is 2.00. The highest BCUT2D eigenvalue weighted by molar-refractivity contribution is 9.11. The molecule has 0 bridgehead atoms. The van der Waals surface area contributed by atoms with Crippen molar-refractivity contribution in [3.05, 3.63) is 57.0 Å². The summed E-state index contributed by atoms with van der Waals surface area (Å²) in [6.45, 7) is 6.41. The maximum Gasteiger partial charge on any atom is 0.262 e. The van der Waals surface area contributed by atoms with Crippen LogP contribution >= 0.6 is 31.9 Å². The lowest BCUT2D eigenvalue weighted by molar-refractivity contribution is -0.118. The van der Waals surface area contributed by atoms with Crippen LogP contribution in [0.15, 0.2) is 51.4 Å². The first-order valence-electron chi connectivity index (χ1n) is 7.24. The molecule has 2 rings (SSSR count). The van der Waals surface area contributed by atoms with E-state index in [9.17, 15) is 4.79 Å². The highest BCUT2D eigenvalue weighted by Crippen LogP contribution is 2.31. The number of para-hydroxylation sites is 1. The average Bonchev–Trinajstić information content (AvgIpc) is 2.47. The predicted octanol–water partition coefficient (Wildman–Crippen LogP) is 5.53. The number of halogens is 2. The highest BCUT2D eigenvalue weighted by atomic mass is 79.9. The molecule has 0 fully saturated rings. The fraction of sp³-hybridized carbons (Fsp3) is 0.278. The molecule has 1 N–H and O–H groups in total. The minimum Gasteiger partial charge on any atom is -0.483 e. The van der Waals surface area contributed by atoms with Crippen molar-refractivity contribution in [3.8, 4) is 5.75 Å². The van der Waals surface area contributed by atoms with Crippen LogP contribution in [0.25, 0.3) is 0 Å². The lowest BCUT2D eigenvalue weighted by Gasteiger charge is -2.20. The summed E-state index contributed by atoms with van der Waals surface area (Å²) < 4.78 is 7.29. The lowest BCUT2D eigenvalue weighted by Crippen LogP contribution is -2.20. The van der Waals surface area contributed by atoms with E-state index in [-0.39, 0.29) is 17.9 Å².